The maximum Gasteiger partial charge on any atom is 0.129 e. The van der Waals surface area contributed by atoms with Crippen molar-refractivity contribution in [2.24, 2.45) is 16.9 Å². The standard InChI is InChI=1S/C15H18ClFN2.C7H15N.C3H6.C2H6.CH4O/c1-9(8-18)5-10(2)12(4)19-13-6-14(16)11(3)15(17)7-13;1-6(2,8)7(3)4-5-7;1-3-2;2*1-2/h5-8,19H,4,18H2,1-3H3;4-5,8H2,1-3H3;3H,1H2,2H3;1-2H3;2H,1H3/b9-8-,10-5+;;;;. The number of benzene rings is 1. The Bertz CT molecular complexity index is 778. The van der Waals surface area contributed by atoms with E-state index in [0.29, 0.717) is 27.4 Å². The first-order chi connectivity index (χ1) is 15.7. The lowest BCUT2D eigenvalue weighted by atomic mass is 9.87. The van der Waals surface area contributed by atoms with Crippen molar-refractivity contribution in [2.45, 2.75) is 80.7 Å². The van der Waals surface area contributed by atoms with Crippen LogP contribution in [0, 0.1) is 18.2 Å². The molecule has 1 saturated carbocycles. The van der Waals surface area contributed by atoms with E-state index < -0.39 is 0 Å². The van der Waals surface area contributed by atoms with Gasteiger partial charge in [-0.15, -0.1) is 6.58 Å². The predicted octanol–water partition coefficient (Wildman–Crippen LogP) is 7.87. The fourth-order valence-electron chi connectivity index (χ4n) is 2.30. The predicted molar refractivity (Wildman–Crippen MR) is 152 cm³/mol. The van der Waals surface area contributed by atoms with Crippen molar-refractivity contribution in [3.8, 4) is 0 Å². The van der Waals surface area contributed by atoms with Crippen LogP contribution in [0.1, 0.15) is 73.8 Å². The SMILES string of the molecule is C=C(Nc1cc(F)c(C)c(Cl)c1)/C(C)=C/C(C)=C\N.C=CC.CC.CC(C)(N)C1(C)CC1.CO. The molecule has 1 aliphatic rings. The molecule has 0 radical (unpaired) electrons. The molecule has 2 rings (SSSR count). The molecule has 0 unspecified atom stereocenters. The highest BCUT2D eigenvalue weighted by molar-refractivity contribution is 6.31. The molecule has 196 valence electrons. The summed E-state index contributed by atoms with van der Waals surface area (Å²) in [5, 5.41) is 10.4. The second-order valence-corrected chi connectivity index (χ2v) is 9.00. The maximum atomic E-state index is 13.6. The van der Waals surface area contributed by atoms with Gasteiger partial charge in [0.05, 0.1) is 0 Å². The van der Waals surface area contributed by atoms with Crippen molar-refractivity contribution in [2.75, 3.05) is 12.4 Å². The van der Waals surface area contributed by atoms with Crippen LogP contribution >= 0.6 is 11.6 Å². The molecule has 0 heterocycles. The summed E-state index contributed by atoms with van der Waals surface area (Å²) in [5.74, 6) is -0.345. The van der Waals surface area contributed by atoms with E-state index in [2.05, 4.69) is 39.2 Å². The number of nitrogens with two attached hydrogens (primary N) is 2. The molecule has 6 N–H and O–H groups in total. The fourth-order valence-corrected chi connectivity index (χ4v) is 2.51. The summed E-state index contributed by atoms with van der Waals surface area (Å²) in [7, 11) is 1.00. The zero-order chi connectivity index (χ0) is 27.7. The van der Waals surface area contributed by atoms with Crippen molar-refractivity contribution in [1.29, 1.82) is 0 Å². The molecule has 1 aromatic carbocycles. The number of anilines is 1. The van der Waals surface area contributed by atoms with Crippen molar-refractivity contribution in [3.05, 3.63) is 76.9 Å². The number of hydrogen-bond donors (Lipinski definition) is 4. The maximum absolute atomic E-state index is 13.6. The van der Waals surface area contributed by atoms with Crippen LogP contribution in [0.2, 0.25) is 5.02 Å². The van der Waals surface area contributed by atoms with E-state index in [1.54, 1.807) is 19.1 Å². The summed E-state index contributed by atoms with van der Waals surface area (Å²) in [6.45, 7) is 25.1. The van der Waals surface area contributed by atoms with Gasteiger partial charge in [0.2, 0.25) is 0 Å². The van der Waals surface area contributed by atoms with E-state index in [1.807, 2.05) is 40.7 Å². The van der Waals surface area contributed by atoms with Gasteiger partial charge in [0, 0.05) is 34.6 Å². The van der Waals surface area contributed by atoms with Crippen LogP contribution in [0.15, 0.2) is 60.5 Å². The highest BCUT2D eigenvalue weighted by atomic mass is 35.5. The van der Waals surface area contributed by atoms with Gasteiger partial charge in [-0.05, 0) is 89.3 Å². The molecule has 0 spiro atoms. The molecular formula is C28H49ClFN3O. The van der Waals surface area contributed by atoms with E-state index >= 15 is 0 Å². The second-order valence-electron chi connectivity index (χ2n) is 8.60. The third-order valence-electron chi connectivity index (χ3n) is 5.31. The summed E-state index contributed by atoms with van der Waals surface area (Å²) in [6, 6.07) is 3.06. The molecule has 0 amide bonds. The lowest BCUT2D eigenvalue weighted by Gasteiger charge is -2.26. The van der Waals surface area contributed by atoms with Crippen LogP contribution in [0.3, 0.4) is 0 Å². The quantitative estimate of drug-likeness (QED) is 0.246. The first-order valence-corrected chi connectivity index (χ1v) is 11.9. The summed E-state index contributed by atoms with van der Waals surface area (Å²) < 4.78 is 13.6. The van der Waals surface area contributed by atoms with Gasteiger partial charge >= 0.3 is 0 Å². The van der Waals surface area contributed by atoms with Crippen LogP contribution in [-0.2, 0) is 0 Å². The van der Waals surface area contributed by atoms with Crippen molar-refractivity contribution >= 4 is 17.3 Å². The molecule has 0 saturated heterocycles. The number of aliphatic hydroxyl groups is 1. The monoisotopic (exact) mass is 497 g/mol. The molecule has 1 aromatic rings. The Morgan fingerprint density at radius 2 is 1.68 bits per heavy atom. The average Bonchev–Trinajstić information content (AvgIpc) is 3.54. The summed E-state index contributed by atoms with van der Waals surface area (Å²) in [5.41, 5.74) is 15.3. The van der Waals surface area contributed by atoms with Gasteiger partial charge in [0.25, 0.3) is 0 Å². The van der Waals surface area contributed by atoms with Gasteiger partial charge in [0.1, 0.15) is 5.82 Å². The van der Waals surface area contributed by atoms with E-state index in [0.717, 1.165) is 18.3 Å². The Balaban J connectivity index is -0.000000527. The normalized spacial score (nSPS) is 13.7. The second kappa shape index (κ2) is 18.3. The molecule has 0 atom stereocenters. The highest BCUT2D eigenvalue weighted by Gasteiger charge is 2.47. The van der Waals surface area contributed by atoms with E-state index in [-0.39, 0.29) is 11.4 Å². The molecule has 0 bridgehead atoms. The summed E-state index contributed by atoms with van der Waals surface area (Å²) in [6.07, 6.45) is 7.79. The van der Waals surface area contributed by atoms with E-state index in [1.165, 1.54) is 25.1 Å². The Labute approximate surface area is 213 Å². The van der Waals surface area contributed by atoms with Crippen LogP contribution < -0.4 is 16.8 Å². The molecule has 4 nitrogen and oxygen atoms in total. The third kappa shape index (κ3) is 14.2. The Morgan fingerprint density at radius 1 is 1.24 bits per heavy atom. The third-order valence-corrected chi connectivity index (χ3v) is 5.71. The van der Waals surface area contributed by atoms with Gasteiger partial charge in [-0.3, -0.25) is 0 Å². The van der Waals surface area contributed by atoms with Crippen LogP contribution in [0.25, 0.3) is 0 Å². The van der Waals surface area contributed by atoms with Gasteiger partial charge in [0.15, 0.2) is 0 Å². The number of aliphatic hydroxyl groups excluding tert-OH is 1. The van der Waals surface area contributed by atoms with Gasteiger partial charge in [-0.2, -0.15) is 0 Å². The van der Waals surface area contributed by atoms with E-state index in [9.17, 15) is 4.39 Å². The molecule has 6 heteroatoms. The topological polar surface area (TPSA) is 84.3 Å². The molecule has 1 aliphatic carbocycles. The molecular weight excluding hydrogens is 449 g/mol. The minimum absolute atomic E-state index is 0.0486. The van der Waals surface area contributed by atoms with Crippen molar-refractivity contribution < 1.29 is 9.50 Å². The molecule has 1 fully saturated rings. The molecule has 0 aromatic heterocycles. The zero-order valence-electron chi connectivity index (χ0n) is 23.1. The number of rotatable bonds is 5. The fraction of sp³-hybridized carbons (Fsp3) is 0.500. The zero-order valence-corrected chi connectivity index (χ0v) is 23.8. The molecule has 34 heavy (non-hydrogen) atoms. The first-order valence-electron chi connectivity index (χ1n) is 11.5. The van der Waals surface area contributed by atoms with Gasteiger partial charge in [-0.1, -0.05) is 51.1 Å². The minimum atomic E-state index is -0.345. The number of halogens is 2. The molecule has 0 aliphatic heterocycles. The first kappa shape index (κ1) is 36.5. The smallest absolute Gasteiger partial charge is 0.129 e. The van der Waals surface area contributed by atoms with Crippen molar-refractivity contribution in [1.82, 2.24) is 0 Å². The Kier molecular flexibility index (Phi) is 19.6. The van der Waals surface area contributed by atoms with Gasteiger partial charge in [-0.25, -0.2) is 4.39 Å². The van der Waals surface area contributed by atoms with Crippen LogP contribution in [0.5, 0.6) is 0 Å². The van der Waals surface area contributed by atoms with Gasteiger partial charge < -0.3 is 21.9 Å². The lowest BCUT2D eigenvalue weighted by Crippen LogP contribution is -2.40. The average molecular weight is 498 g/mol. The van der Waals surface area contributed by atoms with Crippen molar-refractivity contribution in [3.63, 3.8) is 0 Å². The Morgan fingerprint density at radius 3 is 1.97 bits per heavy atom. The van der Waals surface area contributed by atoms with E-state index in [4.69, 9.17) is 28.2 Å². The number of allylic oxidation sites excluding steroid dienone is 4. The number of hydrogen-bond acceptors (Lipinski definition) is 4. The number of nitrogens with one attached hydrogen (secondary N) is 1. The lowest BCUT2D eigenvalue weighted by molar-refractivity contribution is 0.323. The van der Waals surface area contributed by atoms with Crippen LogP contribution in [0.4, 0.5) is 10.1 Å². The van der Waals surface area contributed by atoms with Crippen LogP contribution in [-0.4, -0.2) is 17.8 Å². The highest BCUT2D eigenvalue weighted by Crippen LogP contribution is 2.52. The summed E-state index contributed by atoms with van der Waals surface area (Å²) >= 11 is 5.94. The summed E-state index contributed by atoms with van der Waals surface area (Å²) in [4.78, 5) is 0. The minimum Gasteiger partial charge on any atom is -0.404 e. The largest absolute Gasteiger partial charge is 0.404 e. The Hall–Kier alpha value is -2.08.